The molecule has 0 amide bonds. The average molecular weight is 315 g/mol. The van der Waals surface area contributed by atoms with Gasteiger partial charge in [-0.3, -0.25) is 4.90 Å². The molecule has 1 saturated heterocycles. The molecular weight excluding hydrogens is 290 g/mol. The summed E-state index contributed by atoms with van der Waals surface area (Å²) in [5.41, 5.74) is 0.920. The average Bonchev–Trinajstić information content (AvgIpc) is 3.00. The Morgan fingerprint density at radius 2 is 2.00 bits per heavy atom. The predicted octanol–water partition coefficient (Wildman–Crippen LogP) is 2.61. The normalized spacial score (nSPS) is 16.3. The molecule has 6 heteroatoms. The number of anilines is 1. The molecule has 0 unspecified atom stereocenters. The van der Waals surface area contributed by atoms with Gasteiger partial charge < -0.3 is 9.42 Å². The van der Waals surface area contributed by atoms with Gasteiger partial charge in [0.25, 0.3) is 5.89 Å². The van der Waals surface area contributed by atoms with Crippen LogP contribution in [0.2, 0.25) is 0 Å². The molecule has 1 aliphatic heterocycles. The highest BCUT2D eigenvalue weighted by Gasteiger charge is 2.22. The van der Waals surface area contributed by atoms with E-state index in [0.29, 0.717) is 11.7 Å². The first kappa shape index (κ1) is 15.9. The lowest BCUT2D eigenvalue weighted by molar-refractivity contribution is 0.243. The van der Waals surface area contributed by atoms with Crippen molar-refractivity contribution in [2.24, 2.45) is 5.92 Å². The highest BCUT2D eigenvalue weighted by Crippen LogP contribution is 2.28. The van der Waals surface area contributed by atoms with Crippen molar-refractivity contribution < 1.29 is 4.52 Å². The maximum Gasteiger partial charge on any atom is 0.261 e. The summed E-state index contributed by atoms with van der Waals surface area (Å²) in [5, 5.41) is 3.89. The first-order chi connectivity index (χ1) is 11.1. The third-order valence-corrected chi connectivity index (χ3v) is 4.24. The molecule has 0 N–H and O–H groups in total. The maximum atomic E-state index is 5.33. The SMILES string of the molecule is Cc1noc(-c2cccnc2N2CCN(CCC(C)C)CC2)n1. The van der Waals surface area contributed by atoms with Gasteiger partial charge in [0, 0.05) is 32.4 Å². The number of pyridine rings is 1. The van der Waals surface area contributed by atoms with Gasteiger partial charge in [-0.05, 0) is 37.9 Å². The molecule has 0 saturated carbocycles. The van der Waals surface area contributed by atoms with Crippen molar-refractivity contribution in [2.75, 3.05) is 37.6 Å². The number of hydrogen-bond acceptors (Lipinski definition) is 6. The Labute approximate surface area is 137 Å². The lowest BCUT2D eigenvalue weighted by Crippen LogP contribution is -2.47. The first-order valence-electron chi connectivity index (χ1n) is 8.36. The van der Waals surface area contributed by atoms with Crippen molar-refractivity contribution in [3.05, 3.63) is 24.2 Å². The zero-order valence-corrected chi connectivity index (χ0v) is 14.2. The number of aryl methyl sites for hydroxylation is 1. The van der Waals surface area contributed by atoms with E-state index in [4.69, 9.17) is 4.52 Å². The van der Waals surface area contributed by atoms with E-state index in [1.807, 2.05) is 25.3 Å². The summed E-state index contributed by atoms with van der Waals surface area (Å²) in [5.74, 6) is 2.90. The highest BCUT2D eigenvalue weighted by molar-refractivity contribution is 5.69. The molecule has 0 bridgehead atoms. The van der Waals surface area contributed by atoms with Gasteiger partial charge in [-0.1, -0.05) is 19.0 Å². The van der Waals surface area contributed by atoms with Crippen LogP contribution >= 0.6 is 0 Å². The minimum Gasteiger partial charge on any atom is -0.353 e. The van der Waals surface area contributed by atoms with Gasteiger partial charge in [0.05, 0.1) is 5.56 Å². The van der Waals surface area contributed by atoms with Gasteiger partial charge in [0.15, 0.2) is 5.82 Å². The lowest BCUT2D eigenvalue weighted by atomic mass is 10.1. The van der Waals surface area contributed by atoms with E-state index in [0.717, 1.165) is 43.5 Å². The van der Waals surface area contributed by atoms with Gasteiger partial charge in [-0.2, -0.15) is 4.98 Å². The minimum absolute atomic E-state index is 0.549. The van der Waals surface area contributed by atoms with Crippen LogP contribution in [0, 0.1) is 12.8 Å². The van der Waals surface area contributed by atoms with E-state index in [2.05, 4.69) is 38.8 Å². The van der Waals surface area contributed by atoms with E-state index < -0.39 is 0 Å². The second-order valence-electron chi connectivity index (χ2n) is 6.53. The molecule has 0 atom stereocenters. The number of hydrogen-bond donors (Lipinski definition) is 0. The van der Waals surface area contributed by atoms with Crippen molar-refractivity contribution in [1.29, 1.82) is 0 Å². The standard InChI is InChI=1S/C17H25N5O/c1-13(2)6-8-21-9-11-22(12-10-21)16-15(5-4-7-18-16)17-19-14(3)20-23-17/h4-5,7,13H,6,8-12H2,1-3H3. The molecule has 0 radical (unpaired) electrons. The summed E-state index contributed by atoms with van der Waals surface area (Å²) in [4.78, 5) is 13.8. The molecule has 6 nitrogen and oxygen atoms in total. The Morgan fingerprint density at radius 1 is 1.22 bits per heavy atom. The minimum atomic E-state index is 0.549. The van der Waals surface area contributed by atoms with Crippen LogP contribution < -0.4 is 4.90 Å². The quantitative estimate of drug-likeness (QED) is 0.845. The van der Waals surface area contributed by atoms with E-state index >= 15 is 0 Å². The van der Waals surface area contributed by atoms with Crippen molar-refractivity contribution in [2.45, 2.75) is 27.2 Å². The van der Waals surface area contributed by atoms with Gasteiger partial charge in [0.1, 0.15) is 5.82 Å². The Kier molecular flexibility index (Phi) is 4.91. The third-order valence-electron chi connectivity index (χ3n) is 4.24. The van der Waals surface area contributed by atoms with Crippen LogP contribution in [0.25, 0.3) is 11.5 Å². The molecule has 2 aromatic rings. The number of rotatable bonds is 5. The zero-order valence-electron chi connectivity index (χ0n) is 14.2. The Hall–Kier alpha value is -1.95. The highest BCUT2D eigenvalue weighted by atomic mass is 16.5. The third kappa shape index (κ3) is 3.88. The number of aromatic nitrogens is 3. The molecule has 0 aromatic carbocycles. The second kappa shape index (κ2) is 7.08. The topological polar surface area (TPSA) is 58.3 Å². The largest absolute Gasteiger partial charge is 0.353 e. The van der Waals surface area contributed by atoms with Crippen LogP contribution in [0.15, 0.2) is 22.9 Å². The molecule has 1 fully saturated rings. The summed E-state index contributed by atoms with van der Waals surface area (Å²) in [6.45, 7) is 11.7. The van der Waals surface area contributed by atoms with Crippen molar-refractivity contribution >= 4 is 5.82 Å². The summed E-state index contributed by atoms with van der Waals surface area (Å²) >= 11 is 0. The van der Waals surface area contributed by atoms with E-state index in [1.165, 1.54) is 13.0 Å². The fourth-order valence-electron chi connectivity index (χ4n) is 2.85. The van der Waals surface area contributed by atoms with Gasteiger partial charge in [0.2, 0.25) is 0 Å². The van der Waals surface area contributed by atoms with Crippen LogP contribution in [0.1, 0.15) is 26.1 Å². The smallest absolute Gasteiger partial charge is 0.261 e. The molecular formula is C17H25N5O. The Morgan fingerprint density at radius 3 is 2.65 bits per heavy atom. The van der Waals surface area contributed by atoms with Crippen LogP contribution in [-0.2, 0) is 0 Å². The molecule has 2 aromatic heterocycles. The molecule has 3 rings (SSSR count). The maximum absolute atomic E-state index is 5.33. The molecule has 1 aliphatic rings. The van der Waals surface area contributed by atoms with Crippen molar-refractivity contribution in [3.63, 3.8) is 0 Å². The summed E-state index contributed by atoms with van der Waals surface area (Å²) in [6.07, 6.45) is 3.09. The fraction of sp³-hybridized carbons (Fsp3) is 0.588. The Balaban J connectivity index is 1.69. The monoisotopic (exact) mass is 315 g/mol. The van der Waals surface area contributed by atoms with E-state index in [1.54, 1.807) is 0 Å². The molecule has 0 spiro atoms. The van der Waals surface area contributed by atoms with Crippen molar-refractivity contribution in [1.82, 2.24) is 20.0 Å². The molecule has 0 aliphatic carbocycles. The summed E-state index contributed by atoms with van der Waals surface area (Å²) < 4.78 is 5.33. The summed E-state index contributed by atoms with van der Waals surface area (Å²) in [7, 11) is 0. The summed E-state index contributed by atoms with van der Waals surface area (Å²) in [6, 6.07) is 3.91. The fourth-order valence-corrected chi connectivity index (χ4v) is 2.85. The van der Waals surface area contributed by atoms with Crippen LogP contribution in [0.3, 0.4) is 0 Å². The number of nitrogens with zero attached hydrogens (tertiary/aromatic N) is 5. The molecule has 3 heterocycles. The van der Waals surface area contributed by atoms with Gasteiger partial charge >= 0.3 is 0 Å². The van der Waals surface area contributed by atoms with E-state index in [-0.39, 0.29) is 0 Å². The lowest BCUT2D eigenvalue weighted by Gasteiger charge is -2.36. The molecule has 124 valence electrons. The van der Waals surface area contributed by atoms with Crippen LogP contribution in [0.4, 0.5) is 5.82 Å². The van der Waals surface area contributed by atoms with E-state index in [9.17, 15) is 0 Å². The first-order valence-corrected chi connectivity index (χ1v) is 8.36. The predicted molar refractivity (Wildman–Crippen MR) is 90.4 cm³/mol. The van der Waals surface area contributed by atoms with Crippen LogP contribution in [0.5, 0.6) is 0 Å². The molecule has 23 heavy (non-hydrogen) atoms. The van der Waals surface area contributed by atoms with Crippen molar-refractivity contribution in [3.8, 4) is 11.5 Å². The van der Waals surface area contributed by atoms with Crippen LogP contribution in [-0.4, -0.2) is 52.7 Å². The number of piperazine rings is 1. The van der Waals surface area contributed by atoms with Gasteiger partial charge in [-0.25, -0.2) is 4.98 Å². The zero-order chi connectivity index (χ0) is 16.2. The van der Waals surface area contributed by atoms with Gasteiger partial charge in [-0.15, -0.1) is 0 Å². The second-order valence-corrected chi connectivity index (χ2v) is 6.53. The Bertz CT molecular complexity index is 631.